The summed E-state index contributed by atoms with van der Waals surface area (Å²) in [7, 11) is 0. The molecule has 0 saturated carbocycles. The van der Waals surface area contributed by atoms with Crippen molar-refractivity contribution in [3.8, 4) is 0 Å². The Kier molecular flexibility index (Phi) is 1.88. The van der Waals surface area contributed by atoms with Crippen molar-refractivity contribution in [2.45, 2.75) is 0 Å². The molecule has 1 aromatic rings. The first-order chi connectivity index (χ1) is 6.38. The number of fused-ring (bicyclic) bond motifs is 1. The van der Waals surface area contributed by atoms with E-state index in [4.69, 9.17) is 5.73 Å². The fourth-order valence-corrected chi connectivity index (χ4v) is 1.04. The molecular formula is C9H8N4. The number of nitrogens with two attached hydrogens (primary N) is 1. The van der Waals surface area contributed by atoms with Crippen molar-refractivity contribution >= 4 is 23.8 Å². The van der Waals surface area contributed by atoms with Crippen molar-refractivity contribution in [1.29, 1.82) is 0 Å². The topological polar surface area (TPSA) is 64.2 Å². The molecule has 1 aliphatic heterocycles. The number of hydrogen-bond acceptors (Lipinski definition) is 4. The Morgan fingerprint density at radius 2 is 2.00 bits per heavy atom. The number of hydrogen-bond donors (Lipinski definition) is 1. The maximum atomic E-state index is 5.64. The predicted octanol–water partition coefficient (Wildman–Crippen LogP) is 1.34. The number of anilines is 1. The molecule has 2 N–H and O–H groups in total. The largest absolute Gasteiger partial charge is 0.382 e. The Balaban J connectivity index is 2.62. The molecule has 1 aliphatic rings. The number of rotatable bonds is 0. The zero-order chi connectivity index (χ0) is 9.10. The van der Waals surface area contributed by atoms with Crippen LogP contribution in [0.4, 0.5) is 11.5 Å². The monoisotopic (exact) mass is 172 g/mol. The van der Waals surface area contributed by atoms with E-state index in [0.717, 1.165) is 5.69 Å². The summed E-state index contributed by atoms with van der Waals surface area (Å²) in [6, 6.07) is 0. The van der Waals surface area contributed by atoms with Crippen molar-refractivity contribution in [3.63, 3.8) is 0 Å². The standard InChI is InChI=1S/C9H8N4/c10-9-8-7(12-6-13-9)4-2-1-3-5-11-8/h1-6H,(H2,10,12,13). The lowest BCUT2D eigenvalue weighted by Crippen LogP contribution is -1.95. The van der Waals surface area contributed by atoms with Crippen molar-refractivity contribution < 1.29 is 0 Å². The third-order valence-corrected chi connectivity index (χ3v) is 1.64. The van der Waals surface area contributed by atoms with Gasteiger partial charge < -0.3 is 5.73 Å². The summed E-state index contributed by atoms with van der Waals surface area (Å²) in [5, 5.41) is 0. The lowest BCUT2D eigenvalue weighted by atomic mass is 10.2. The Bertz CT molecular complexity index is 404. The molecule has 0 fully saturated rings. The van der Waals surface area contributed by atoms with Gasteiger partial charge >= 0.3 is 0 Å². The highest BCUT2D eigenvalue weighted by Crippen LogP contribution is 2.23. The lowest BCUT2D eigenvalue weighted by Gasteiger charge is -2.02. The molecule has 0 aromatic carbocycles. The molecule has 4 heteroatoms. The van der Waals surface area contributed by atoms with Crippen LogP contribution in [0.25, 0.3) is 6.08 Å². The fraction of sp³-hybridized carbons (Fsp3) is 0. The molecule has 0 spiro atoms. The van der Waals surface area contributed by atoms with E-state index in [1.165, 1.54) is 6.33 Å². The van der Waals surface area contributed by atoms with Crippen LogP contribution in [0.5, 0.6) is 0 Å². The van der Waals surface area contributed by atoms with E-state index >= 15 is 0 Å². The molecule has 0 unspecified atom stereocenters. The number of allylic oxidation sites excluding steroid dienone is 3. The van der Waals surface area contributed by atoms with Crippen molar-refractivity contribution in [2.24, 2.45) is 4.99 Å². The molecule has 2 rings (SSSR count). The summed E-state index contributed by atoms with van der Waals surface area (Å²) in [5.41, 5.74) is 7.01. The Hall–Kier alpha value is -1.97. The second kappa shape index (κ2) is 3.18. The number of aliphatic imine (C=N–C) groups is 1. The van der Waals surface area contributed by atoms with Crippen LogP contribution < -0.4 is 5.73 Å². The average molecular weight is 172 g/mol. The molecule has 0 aliphatic carbocycles. The zero-order valence-corrected chi connectivity index (χ0v) is 6.88. The van der Waals surface area contributed by atoms with Gasteiger partial charge in [-0.15, -0.1) is 0 Å². The summed E-state index contributed by atoms with van der Waals surface area (Å²) in [6.07, 6.45) is 10.5. The normalized spacial score (nSPS) is 18.5. The molecular weight excluding hydrogens is 164 g/mol. The second-order valence-corrected chi connectivity index (χ2v) is 2.51. The molecule has 1 aromatic heterocycles. The maximum Gasteiger partial charge on any atom is 0.153 e. The minimum atomic E-state index is 0.404. The first-order valence-corrected chi connectivity index (χ1v) is 3.86. The van der Waals surface area contributed by atoms with Gasteiger partial charge in [0.05, 0.1) is 5.69 Å². The second-order valence-electron chi connectivity index (χ2n) is 2.51. The van der Waals surface area contributed by atoms with E-state index in [0.29, 0.717) is 11.5 Å². The van der Waals surface area contributed by atoms with Crippen LogP contribution in [0.1, 0.15) is 5.69 Å². The van der Waals surface area contributed by atoms with Gasteiger partial charge in [-0.3, -0.25) is 4.99 Å². The summed E-state index contributed by atoms with van der Waals surface area (Å²) in [6.45, 7) is 0. The van der Waals surface area contributed by atoms with Crippen molar-refractivity contribution in [2.75, 3.05) is 5.73 Å². The molecule has 0 amide bonds. The number of aromatic nitrogens is 2. The van der Waals surface area contributed by atoms with E-state index in [1.807, 2.05) is 24.3 Å². The maximum absolute atomic E-state index is 5.64. The summed E-state index contributed by atoms with van der Waals surface area (Å²) < 4.78 is 0. The highest BCUT2D eigenvalue weighted by Gasteiger charge is 2.04. The van der Waals surface area contributed by atoms with Gasteiger partial charge in [0.2, 0.25) is 0 Å². The predicted molar refractivity (Wildman–Crippen MR) is 52.8 cm³/mol. The van der Waals surface area contributed by atoms with E-state index in [2.05, 4.69) is 15.0 Å². The van der Waals surface area contributed by atoms with E-state index < -0.39 is 0 Å². The molecule has 64 valence electrons. The van der Waals surface area contributed by atoms with Crippen LogP contribution >= 0.6 is 0 Å². The van der Waals surface area contributed by atoms with Gasteiger partial charge in [0, 0.05) is 6.21 Å². The average Bonchev–Trinajstić information content (AvgIpc) is 2.07. The third kappa shape index (κ3) is 1.46. The van der Waals surface area contributed by atoms with Gasteiger partial charge in [-0.1, -0.05) is 12.2 Å². The van der Waals surface area contributed by atoms with Gasteiger partial charge in [0.25, 0.3) is 0 Å². The van der Waals surface area contributed by atoms with Crippen LogP contribution in [0.15, 0.2) is 29.5 Å². The zero-order valence-electron chi connectivity index (χ0n) is 6.88. The summed E-state index contributed by atoms with van der Waals surface area (Å²) in [5.74, 6) is 0.404. The van der Waals surface area contributed by atoms with E-state index in [1.54, 1.807) is 6.21 Å². The van der Waals surface area contributed by atoms with Crippen LogP contribution in [0.3, 0.4) is 0 Å². The SMILES string of the molecule is Nc1ncnc2c1N=C/C=C\C=C/2. The molecule has 0 radical (unpaired) electrons. The van der Waals surface area contributed by atoms with Gasteiger partial charge in [0.1, 0.15) is 12.0 Å². The Labute approximate surface area is 75.5 Å². The van der Waals surface area contributed by atoms with E-state index in [-0.39, 0.29) is 0 Å². The fourth-order valence-electron chi connectivity index (χ4n) is 1.04. The first kappa shape index (κ1) is 7.67. The van der Waals surface area contributed by atoms with Gasteiger partial charge in [-0.05, 0) is 12.2 Å². The van der Waals surface area contributed by atoms with Crippen LogP contribution in [-0.4, -0.2) is 16.2 Å². The molecule has 0 bridgehead atoms. The van der Waals surface area contributed by atoms with Crippen LogP contribution in [0.2, 0.25) is 0 Å². The summed E-state index contributed by atoms with van der Waals surface area (Å²) in [4.78, 5) is 12.0. The molecule has 13 heavy (non-hydrogen) atoms. The molecule has 2 heterocycles. The van der Waals surface area contributed by atoms with Crippen LogP contribution in [0, 0.1) is 0 Å². The van der Waals surface area contributed by atoms with Crippen molar-refractivity contribution in [3.05, 3.63) is 30.2 Å². The van der Waals surface area contributed by atoms with Crippen molar-refractivity contribution in [1.82, 2.24) is 9.97 Å². The minimum absolute atomic E-state index is 0.404. The van der Waals surface area contributed by atoms with Gasteiger partial charge in [0.15, 0.2) is 5.82 Å². The van der Waals surface area contributed by atoms with Gasteiger partial charge in [-0.2, -0.15) is 0 Å². The number of nitrogen functional groups attached to an aromatic ring is 1. The smallest absolute Gasteiger partial charge is 0.153 e. The first-order valence-electron chi connectivity index (χ1n) is 3.86. The molecule has 0 atom stereocenters. The third-order valence-electron chi connectivity index (χ3n) is 1.64. The highest BCUT2D eigenvalue weighted by molar-refractivity contribution is 5.82. The van der Waals surface area contributed by atoms with E-state index in [9.17, 15) is 0 Å². The van der Waals surface area contributed by atoms with Gasteiger partial charge in [-0.25, -0.2) is 9.97 Å². The molecule has 4 nitrogen and oxygen atoms in total. The Morgan fingerprint density at radius 1 is 1.08 bits per heavy atom. The minimum Gasteiger partial charge on any atom is -0.382 e. The quantitative estimate of drug-likeness (QED) is 0.642. The highest BCUT2D eigenvalue weighted by atomic mass is 15.0. The summed E-state index contributed by atoms with van der Waals surface area (Å²) >= 11 is 0. The molecule has 0 saturated heterocycles. The Morgan fingerprint density at radius 3 is 2.92 bits per heavy atom. The lowest BCUT2D eigenvalue weighted by molar-refractivity contribution is 1.15. The number of nitrogens with zero attached hydrogens (tertiary/aromatic N) is 3. The van der Waals surface area contributed by atoms with Crippen LogP contribution in [-0.2, 0) is 0 Å².